The summed E-state index contributed by atoms with van der Waals surface area (Å²) < 4.78 is 0. The average Bonchev–Trinajstić information content (AvgIpc) is 2.53. The summed E-state index contributed by atoms with van der Waals surface area (Å²) in [6, 6.07) is 12.4. The molecule has 0 aromatic heterocycles. The number of benzene rings is 2. The second-order valence-electron chi connectivity index (χ2n) is 4.62. The fourth-order valence-corrected chi connectivity index (χ4v) is 2.92. The molecule has 1 N–H and O–H groups in total. The molecular weight excluding hydrogens is 375 g/mol. The number of hydrogen-bond donors (Lipinski definition) is 1. The summed E-state index contributed by atoms with van der Waals surface area (Å²) in [5, 5.41) is 5.21. The molecule has 1 amide bonds. The lowest BCUT2D eigenvalue weighted by molar-refractivity contribution is -0.120. The van der Waals surface area contributed by atoms with E-state index in [4.69, 9.17) is 34.8 Å². The Labute approximate surface area is 154 Å². The lowest BCUT2D eigenvalue weighted by Crippen LogP contribution is -2.26. The fraction of sp³-hybridized carbons (Fsp3) is 0.125. The van der Waals surface area contributed by atoms with Gasteiger partial charge in [0.1, 0.15) is 0 Å². The lowest BCUT2D eigenvalue weighted by atomic mass is 10.2. The molecule has 2 aromatic carbocycles. The molecule has 0 radical (unpaired) electrons. The van der Waals surface area contributed by atoms with E-state index in [1.54, 1.807) is 30.3 Å². The molecule has 23 heavy (non-hydrogen) atoms. The van der Waals surface area contributed by atoms with Crippen molar-refractivity contribution in [3.05, 3.63) is 63.1 Å². The van der Waals surface area contributed by atoms with Gasteiger partial charge in [-0.25, -0.2) is 5.43 Å². The van der Waals surface area contributed by atoms with Crippen LogP contribution < -0.4 is 5.43 Å². The third-order valence-electron chi connectivity index (χ3n) is 2.83. The molecule has 0 heterocycles. The van der Waals surface area contributed by atoms with E-state index in [0.717, 1.165) is 10.5 Å². The van der Waals surface area contributed by atoms with Crippen LogP contribution in [0.2, 0.25) is 15.1 Å². The van der Waals surface area contributed by atoms with E-state index in [9.17, 15) is 4.79 Å². The number of nitrogens with one attached hydrogen (secondary N) is 1. The van der Waals surface area contributed by atoms with Crippen LogP contribution in [-0.2, 0) is 4.79 Å². The molecule has 0 bridgehead atoms. The van der Waals surface area contributed by atoms with Gasteiger partial charge in [-0.05, 0) is 48.9 Å². The number of carbonyl (C=O) groups excluding carboxylic acids is 1. The van der Waals surface area contributed by atoms with E-state index >= 15 is 0 Å². The maximum atomic E-state index is 12.0. The average molecular weight is 388 g/mol. The number of thioether (sulfide) groups is 1. The zero-order valence-electron chi connectivity index (χ0n) is 12.1. The molecule has 0 aliphatic rings. The molecule has 0 saturated heterocycles. The zero-order chi connectivity index (χ0) is 16.8. The molecule has 0 aliphatic heterocycles. The van der Waals surface area contributed by atoms with Gasteiger partial charge < -0.3 is 0 Å². The Hall–Kier alpha value is -1.20. The van der Waals surface area contributed by atoms with Crippen molar-refractivity contribution in [3.63, 3.8) is 0 Å². The number of hydrogen-bond acceptors (Lipinski definition) is 3. The minimum atomic E-state index is -0.290. The Bertz CT molecular complexity index is 720. The molecule has 0 spiro atoms. The number of halogens is 3. The van der Waals surface area contributed by atoms with Crippen LogP contribution in [0, 0.1) is 0 Å². The van der Waals surface area contributed by atoms with Gasteiger partial charge in [-0.3, -0.25) is 4.79 Å². The van der Waals surface area contributed by atoms with Crippen molar-refractivity contribution in [2.24, 2.45) is 5.10 Å². The Balaban J connectivity index is 1.89. The van der Waals surface area contributed by atoms with Crippen molar-refractivity contribution >= 4 is 58.7 Å². The molecule has 0 aliphatic carbocycles. The molecule has 3 nitrogen and oxygen atoms in total. The number of rotatable bonds is 5. The van der Waals surface area contributed by atoms with Gasteiger partial charge in [-0.15, -0.1) is 11.8 Å². The summed E-state index contributed by atoms with van der Waals surface area (Å²) >= 11 is 19.0. The number of carbonyl (C=O) groups is 1. The standard InChI is InChI=1S/C16H13Cl3N2OS/c1-10(23-13-5-3-12(17)4-6-13)16(22)21-20-9-11-2-7-14(18)15(19)8-11/h2-10H,1H3,(H,21,22)/b20-9+. The van der Waals surface area contributed by atoms with Crippen LogP contribution in [0.3, 0.4) is 0 Å². The minimum absolute atomic E-state index is 0.193. The summed E-state index contributed by atoms with van der Waals surface area (Å²) in [5.41, 5.74) is 3.25. The third kappa shape index (κ3) is 5.74. The SMILES string of the molecule is CC(Sc1ccc(Cl)cc1)C(=O)N/N=C/c1ccc(Cl)c(Cl)c1. The molecule has 7 heteroatoms. The normalized spacial score (nSPS) is 12.3. The van der Waals surface area contributed by atoms with Crippen LogP contribution in [0.4, 0.5) is 0 Å². The van der Waals surface area contributed by atoms with Gasteiger partial charge in [0, 0.05) is 9.92 Å². The summed E-state index contributed by atoms with van der Waals surface area (Å²) in [4.78, 5) is 13.0. The van der Waals surface area contributed by atoms with Gasteiger partial charge in [0.15, 0.2) is 0 Å². The molecule has 2 rings (SSSR count). The molecule has 1 unspecified atom stereocenters. The predicted octanol–water partition coefficient (Wildman–Crippen LogP) is 5.28. The summed E-state index contributed by atoms with van der Waals surface area (Å²) in [7, 11) is 0. The second-order valence-corrected chi connectivity index (χ2v) is 7.29. The molecule has 120 valence electrons. The Kier molecular flexibility index (Phi) is 6.78. The van der Waals surface area contributed by atoms with Crippen LogP contribution in [0.1, 0.15) is 12.5 Å². The van der Waals surface area contributed by atoms with Crippen LogP contribution in [0.25, 0.3) is 0 Å². The van der Waals surface area contributed by atoms with Gasteiger partial charge in [0.2, 0.25) is 0 Å². The largest absolute Gasteiger partial charge is 0.272 e. The van der Waals surface area contributed by atoms with E-state index in [1.807, 2.05) is 19.1 Å². The topological polar surface area (TPSA) is 41.5 Å². The Morgan fingerprint density at radius 1 is 1.13 bits per heavy atom. The van der Waals surface area contributed by atoms with E-state index < -0.39 is 0 Å². The smallest absolute Gasteiger partial charge is 0.253 e. The predicted molar refractivity (Wildman–Crippen MR) is 99.0 cm³/mol. The van der Waals surface area contributed by atoms with Crippen molar-refractivity contribution in [1.82, 2.24) is 5.43 Å². The van der Waals surface area contributed by atoms with Crippen LogP contribution in [0.15, 0.2) is 52.5 Å². The van der Waals surface area contributed by atoms with E-state index in [2.05, 4.69) is 10.5 Å². The first-order chi connectivity index (χ1) is 11.0. The van der Waals surface area contributed by atoms with Gasteiger partial charge in [0.25, 0.3) is 5.91 Å². The summed E-state index contributed by atoms with van der Waals surface area (Å²) in [5.74, 6) is -0.193. The second kappa shape index (κ2) is 8.60. The van der Waals surface area contributed by atoms with Gasteiger partial charge in [-0.1, -0.05) is 40.9 Å². The van der Waals surface area contributed by atoms with Crippen molar-refractivity contribution < 1.29 is 4.79 Å². The molecule has 0 fully saturated rings. The number of amides is 1. The van der Waals surface area contributed by atoms with Crippen LogP contribution in [0.5, 0.6) is 0 Å². The zero-order valence-corrected chi connectivity index (χ0v) is 15.2. The monoisotopic (exact) mass is 386 g/mol. The van der Waals surface area contributed by atoms with Crippen molar-refractivity contribution in [1.29, 1.82) is 0 Å². The van der Waals surface area contributed by atoms with Crippen LogP contribution >= 0.6 is 46.6 Å². The summed E-state index contributed by atoms with van der Waals surface area (Å²) in [6.07, 6.45) is 1.51. The highest BCUT2D eigenvalue weighted by Crippen LogP contribution is 2.25. The first-order valence-electron chi connectivity index (χ1n) is 6.66. The Morgan fingerprint density at radius 2 is 1.83 bits per heavy atom. The quantitative estimate of drug-likeness (QED) is 0.431. The summed E-state index contributed by atoms with van der Waals surface area (Å²) in [6.45, 7) is 1.81. The minimum Gasteiger partial charge on any atom is -0.272 e. The first kappa shape index (κ1) is 18.1. The highest BCUT2D eigenvalue weighted by atomic mass is 35.5. The molecular formula is C16H13Cl3N2OS. The van der Waals surface area contributed by atoms with E-state index in [0.29, 0.717) is 15.1 Å². The van der Waals surface area contributed by atoms with Gasteiger partial charge in [0.05, 0.1) is 21.5 Å². The van der Waals surface area contributed by atoms with Crippen molar-refractivity contribution in [2.75, 3.05) is 0 Å². The van der Waals surface area contributed by atoms with E-state index in [-0.39, 0.29) is 11.2 Å². The first-order valence-corrected chi connectivity index (χ1v) is 8.67. The number of nitrogens with zero attached hydrogens (tertiary/aromatic N) is 1. The maximum absolute atomic E-state index is 12.0. The third-order valence-corrected chi connectivity index (χ3v) is 4.93. The molecule has 0 saturated carbocycles. The molecule has 1 atom stereocenters. The van der Waals surface area contributed by atoms with Gasteiger partial charge >= 0.3 is 0 Å². The maximum Gasteiger partial charge on any atom is 0.253 e. The Morgan fingerprint density at radius 3 is 2.48 bits per heavy atom. The van der Waals surface area contributed by atoms with Gasteiger partial charge in [-0.2, -0.15) is 5.10 Å². The van der Waals surface area contributed by atoms with Crippen LogP contribution in [-0.4, -0.2) is 17.4 Å². The molecule has 2 aromatic rings. The highest BCUT2D eigenvalue weighted by Gasteiger charge is 2.13. The highest BCUT2D eigenvalue weighted by molar-refractivity contribution is 8.00. The van der Waals surface area contributed by atoms with Crippen molar-refractivity contribution in [3.8, 4) is 0 Å². The number of hydrazone groups is 1. The van der Waals surface area contributed by atoms with E-state index in [1.165, 1.54) is 18.0 Å². The lowest BCUT2D eigenvalue weighted by Gasteiger charge is -2.09. The van der Waals surface area contributed by atoms with Crippen molar-refractivity contribution in [2.45, 2.75) is 17.1 Å². The fourth-order valence-electron chi connectivity index (χ4n) is 1.62.